The summed E-state index contributed by atoms with van der Waals surface area (Å²) < 4.78 is 34.2. The van der Waals surface area contributed by atoms with Crippen LogP contribution in [0.25, 0.3) is 0 Å². The molecule has 270 valence electrons. The van der Waals surface area contributed by atoms with Crippen LogP contribution in [-0.2, 0) is 35.5 Å². The number of phenols is 6. The molecule has 0 amide bonds. The highest BCUT2D eigenvalue weighted by Crippen LogP contribution is 2.38. The maximum Gasteiger partial charge on any atom is 0.200 e. The third-order valence-corrected chi connectivity index (χ3v) is 8.55. The van der Waals surface area contributed by atoms with Gasteiger partial charge in [-0.15, -0.1) is 0 Å². The van der Waals surface area contributed by atoms with Crippen molar-refractivity contribution in [3.63, 3.8) is 0 Å². The van der Waals surface area contributed by atoms with Crippen molar-refractivity contribution in [3.8, 4) is 57.5 Å². The van der Waals surface area contributed by atoms with Crippen LogP contribution < -0.4 is 18.9 Å². The topological polar surface area (TPSA) is 177 Å². The van der Waals surface area contributed by atoms with Gasteiger partial charge in [0.25, 0.3) is 0 Å². The number of hydrogen-bond acceptors (Lipinski definition) is 12. The minimum Gasteiger partial charge on any atom is -0.504 e. The van der Waals surface area contributed by atoms with Gasteiger partial charge in [0.2, 0.25) is 0 Å². The Bertz CT molecular complexity index is 1660. The van der Waals surface area contributed by atoms with E-state index in [1.54, 1.807) is 28.4 Å². The van der Waals surface area contributed by atoms with Crippen LogP contribution in [0, 0.1) is 11.8 Å². The lowest BCUT2D eigenvalue weighted by Gasteiger charge is -2.28. The molecule has 0 radical (unpaired) electrons. The second-order valence-corrected chi connectivity index (χ2v) is 12.0. The lowest BCUT2D eigenvalue weighted by molar-refractivity contribution is 0.0578. The highest BCUT2D eigenvalue weighted by Gasteiger charge is 2.25. The molecule has 6 N–H and O–H groups in total. The Kier molecular flexibility index (Phi) is 13.5. The van der Waals surface area contributed by atoms with E-state index in [4.69, 9.17) is 28.4 Å². The Hall–Kier alpha value is -5.20. The zero-order valence-corrected chi connectivity index (χ0v) is 28.7. The number of aromatic hydroxyl groups is 6. The van der Waals surface area contributed by atoms with E-state index in [2.05, 4.69) is 0 Å². The summed E-state index contributed by atoms with van der Waals surface area (Å²) in [6.07, 6.45) is 2.71. The first-order valence-electron chi connectivity index (χ1n) is 16.1. The van der Waals surface area contributed by atoms with Crippen LogP contribution in [0.2, 0.25) is 0 Å². The predicted molar refractivity (Wildman–Crippen MR) is 185 cm³/mol. The molecule has 0 unspecified atom stereocenters. The molecule has 0 aliphatic carbocycles. The van der Waals surface area contributed by atoms with Crippen molar-refractivity contribution in [3.05, 3.63) is 82.9 Å². The second kappa shape index (κ2) is 18.0. The molecular formula is C38H46O12. The molecular weight excluding hydrogens is 648 g/mol. The van der Waals surface area contributed by atoms with Gasteiger partial charge in [-0.3, -0.25) is 0 Å². The summed E-state index contributed by atoms with van der Waals surface area (Å²) in [5.41, 5.74) is 3.07. The Morgan fingerprint density at radius 1 is 0.480 bits per heavy atom. The van der Waals surface area contributed by atoms with Crippen LogP contribution in [0.1, 0.15) is 35.1 Å². The van der Waals surface area contributed by atoms with Crippen LogP contribution >= 0.6 is 0 Å². The van der Waals surface area contributed by atoms with E-state index in [0.717, 1.165) is 17.5 Å². The SMILES string of the molecule is COc1ccc(C[C@@H](CCCOCc2cc(O)c(O)c(O)c2)[C@H](COCc2cc(O)c(O)c(O)c2)Cc2ccc(OC)c(OC)c2)cc1OC. The first kappa shape index (κ1) is 37.6. The molecule has 4 aromatic rings. The number of hydrogen-bond donors (Lipinski definition) is 6. The van der Waals surface area contributed by atoms with Gasteiger partial charge in [-0.05, 0) is 108 Å². The maximum atomic E-state index is 10.0. The number of methoxy groups -OCH3 is 4. The van der Waals surface area contributed by atoms with Crippen molar-refractivity contribution in [1.82, 2.24) is 0 Å². The van der Waals surface area contributed by atoms with E-state index in [9.17, 15) is 30.6 Å². The van der Waals surface area contributed by atoms with E-state index >= 15 is 0 Å². The molecule has 50 heavy (non-hydrogen) atoms. The Morgan fingerprint density at radius 3 is 1.34 bits per heavy atom. The van der Waals surface area contributed by atoms with Crippen LogP contribution in [0.15, 0.2) is 60.7 Å². The molecule has 0 aliphatic rings. The van der Waals surface area contributed by atoms with Crippen molar-refractivity contribution in [2.45, 2.75) is 38.9 Å². The van der Waals surface area contributed by atoms with Gasteiger partial charge in [0.15, 0.2) is 57.5 Å². The van der Waals surface area contributed by atoms with Gasteiger partial charge < -0.3 is 59.1 Å². The van der Waals surface area contributed by atoms with Crippen molar-refractivity contribution in [2.75, 3.05) is 41.7 Å². The molecule has 0 fully saturated rings. The summed E-state index contributed by atoms with van der Waals surface area (Å²) in [4.78, 5) is 0. The van der Waals surface area contributed by atoms with Crippen LogP contribution in [0.3, 0.4) is 0 Å². The van der Waals surface area contributed by atoms with Gasteiger partial charge in [-0.25, -0.2) is 0 Å². The van der Waals surface area contributed by atoms with Gasteiger partial charge >= 0.3 is 0 Å². The lowest BCUT2D eigenvalue weighted by atomic mass is 9.80. The van der Waals surface area contributed by atoms with E-state index in [1.165, 1.54) is 24.3 Å². The smallest absolute Gasteiger partial charge is 0.200 e. The largest absolute Gasteiger partial charge is 0.504 e. The van der Waals surface area contributed by atoms with Crippen molar-refractivity contribution in [1.29, 1.82) is 0 Å². The standard InChI is InChI=1S/C38H46O12/c1-45-33-9-7-23(18-35(33)47-3)12-27(6-5-11-49-20-25-14-29(39)37(43)30(40)15-25)28(13-24-8-10-34(46-2)36(19-24)48-4)22-50-21-26-16-31(41)38(44)32(42)17-26/h7-10,14-19,27-28,39-44H,5-6,11-13,20-22H2,1-4H3/t27-,28+/m1/s1. The van der Waals surface area contributed by atoms with Gasteiger partial charge in [0.1, 0.15) is 0 Å². The molecule has 0 saturated carbocycles. The molecule has 12 nitrogen and oxygen atoms in total. The van der Waals surface area contributed by atoms with Crippen LogP contribution in [0.5, 0.6) is 57.5 Å². The van der Waals surface area contributed by atoms with Gasteiger partial charge in [-0.1, -0.05) is 12.1 Å². The molecule has 12 heteroatoms. The fraction of sp³-hybridized carbons (Fsp3) is 0.368. The fourth-order valence-electron chi connectivity index (χ4n) is 5.94. The van der Waals surface area contributed by atoms with E-state index in [-0.39, 0.29) is 25.0 Å². The summed E-state index contributed by atoms with van der Waals surface area (Å²) >= 11 is 0. The van der Waals surface area contributed by atoms with Gasteiger partial charge in [0.05, 0.1) is 48.3 Å². The number of phenolic OH excluding ortho intramolecular Hbond substituents is 6. The first-order valence-corrected chi connectivity index (χ1v) is 16.1. The molecule has 0 heterocycles. The molecule has 0 aliphatic heterocycles. The molecule has 0 aromatic heterocycles. The van der Waals surface area contributed by atoms with Crippen LogP contribution in [0.4, 0.5) is 0 Å². The van der Waals surface area contributed by atoms with Crippen molar-refractivity contribution in [2.24, 2.45) is 11.8 Å². The van der Waals surface area contributed by atoms with Gasteiger partial charge in [0, 0.05) is 6.61 Å². The highest BCUT2D eigenvalue weighted by atomic mass is 16.5. The molecule has 4 rings (SSSR count). The Morgan fingerprint density at radius 2 is 0.900 bits per heavy atom. The van der Waals surface area contributed by atoms with E-state index < -0.39 is 34.5 Å². The molecule has 2 atom stereocenters. The van der Waals surface area contributed by atoms with Gasteiger partial charge in [-0.2, -0.15) is 0 Å². The molecule has 0 bridgehead atoms. The second-order valence-electron chi connectivity index (χ2n) is 12.0. The summed E-state index contributed by atoms with van der Waals surface area (Å²) in [5, 5.41) is 59.1. The normalized spacial score (nSPS) is 12.3. The lowest BCUT2D eigenvalue weighted by Crippen LogP contribution is -2.25. The predicted octanol–water partition coefficient (Wildman–Crippen LogP) is 6.19. The summed E-state index contributed by atoms with van der Waals surface area (Å²) in [5.74, 6) is -0.386. The first-order chi connectivity index (χ1) is 24.1. The summed E-state index contributed by atoms with van der Waals surface area (Å²) in [6, 6.07) is 17.0. The number of benzene rings is 4. The van der Waals surface area contributed by atoms with Crippen LogP contribution in [-0.4, -0.2) is 72.3 Å². The third kappa shape index (κ3) is 9.93. The number of rotatable bonds is 19. The van der Waals surface area contributed by atoms with Crippen molar-refractivity contribution < 1.29 is 59.1 Å². The monoisotopic (exact) mass is 694 g/mol. The maximum absolute atomic E-state index is 10.0. The highest BCUT2D eigenvalue weighted by molar-refractivity contribution is 5.52. The van der Waals surface area contributed by atoms with E-state index in [1.807, 2.05) is 36.4 Å². The third-order valence-electron chi connectivity index (χ3n) is 8.55. The Labute approximate surface area is 291 Å². The zero-order chi connectivity index (χ0) is 36.2. The quantitative estimate of drug-likeness (QED) is 0.0486. The zero-order valence-electron chi connectivity index (χ0n) is 28.7. The summed E-state index contributed by atoms with van der Waals surface area (Å²) in [7, 11) is 6.36. The average Bonchev–Trinajstić information content (AvgIpc) is 3.11. The minimum absolute atomic E-state index is 0.0356. The Balaban J connectivity index is 1.58. The minimum atomic E-state index is -0.587. The van der Waals surface area contributed by atoms with E-state index in [0.29, 0.717) is 66.6 Å². The summed E-state index contributed by atoms with van der Waals surface area (Å²) in [6.45, 7) is 0.928. The average molecular weight is 695 g/mol. The fourth-order valence-corrected chi connectivity index (χ4v) is 5.94. The number of ether oxygens (including phenoxy) is 6. The molecule has 0 saturated heterocycles. The molecule has 4 aromatic carbocycles. The molecule has 0 spiro atoms. The van der Waals surface area contributed by atoms with Crippen molar-refractivity contribution >= 4 is 0 Å².